The maximum atomic E-state index is 11.3. The molecular weight excluding hydrogens is 138 g/mol. The van der Waals surface area contributed by atoms with E-state index in [0.717, 1.165) is 32.2 Å². The standard InChI is InChI=1S/C9H13NO/c11-9-6-5-8-4-2-1-3-7-10(8)9/h1-2,8H,3-7H2/t8-/m0/s1. The molecule has 2 heteroatoms. The maximum Gasteiger partial charge on any atom is 0.222 e. The Morgan fingerprint density at radius 1 is 1.45 bits per heavy atom. The third-order valence-electron chi connectivity index (χ3n) is 2.56. The van der Waals surface area contributed by atoms with Crippen LogP contribution in [0.2, 0.25) is 0 Å². The molecule has 1 atom stereocenters. The average molecular weight is 151 g/mol. The van der Waals surface area contributed by atoms with Crippen molar-refractivity contribution in [2.45, 2.75) is 31.7 Å². The number of fused-ring (bicyclic) bond motifs is 1. The van der Waals surface area contributed by atoms with E-state index >= 15 is 0 Å². The molecule has 0 N–H and O–H groups in total. The zero-order chi connectivity index (χ0) is 7.68. The normalized spacial score (nSPS) is 30.4. The first kappa shape index (κ1) is 6.89. The quantitative estimate of drug-likeness (QED) is 0.478. The molecule has 2 heterocycles. The minimum atomic E-state index is 0.360. The Bertz CT molecular complexity index is 198. The minimum absolute atomic E-state index is 0.360. The van der Waals surface area contributed by atoms with Crippen molar-refractivity contribution in [3.05, 3.63) is 12.2 Å². The highest BCUT2D eigenvalue weighted by atomic mass is 16.2. The number of hydrogen-bond acceptors (Lipinski definition) is 1. The van der Waals surface area contributed by atoms with Crippen molar-refractivity contribution >= 4 is 5.91 Å². The van der Waals surface area contributed by atoms with Gasteiger partial charge in [0.2, 0.25) is 5.91 Å². The van der Waals surface area contributed by atoms with Crippen LogP contribution in [0.3, 0.4) is 0 Å². The first-order chi connectivity index (χ1) is 5.38. The molecule has 0 bridgehead atoms. The number of nitrogens with zero attached hydrogens (tertiary/aromatic N) is 1. The SMILES string of the molecule is O=C1CC[C@@H]2CC=CCCN12. The van der Waals surface area contributed by atoms with Crippen LogP contribution in [0.4, 0.5) is 0 Å². The molecule has 60 valence electrons. The lowest BCUT2D eigenvalue weighted by atomic mass is 10.1. The number of carbonyl (C=O) groups excluding carboxylic acids is 1. The summed E-state index contributed by atoms with van der Waals surface area (Å²) in [7, 11) is 0. The van der Waals surface area contributed by atoms with E-state index in [1.807, 2.05) is 4.90 Å². The van der Waals surface area contributed by atoms with Crippen molar-refractivity contribution < 1.29 is 4.79 Å². The first-order valence-electron chi connectivity index (χ1n) is 4.32. The molecule has 0 saturated carbocycles. The van der Waals surface area contributed by atoms with Gasteiger partial charge in [-0.3, -0.25) is 4.79 Å². The van der Waals surface area contributed by atoms with E-state index in [2.05, 4.69) is 12.2 Å². The molecule has 0 radical (unpaired) electrons. The number of amides is 1. The van der Waals surface area contributed by atoms with Crippen molar-refractivity contribution in [3.8, 4) is 0 Å². The molecular formula is C9H13NO. The Labute approximate surface area is 66.9 Å². The lowest BCUT2D eigenvalue weighted by Crippen LogP contribution is -2.32. The third-order valence-corrected chi connectivity index (χ3v) is 2.56. The lowest BCUT2D eigenvalue weighted by molar-refractivity contribution is -0.128. The zero-order valence-corrected chi connectivity index (χ0v) is 6.62. The van der Waals surface area contributed by atoms with Crippen molar-refractivity contribution in [1.29, 1.82) is 0 Å². The molecule has 0 unspecified atom stereocenters. The largest absolute Gasteiger partial charge is 0.339 e. The van der Waals surface area contributed by atoms with Crippen LogP contribution >= 0.6 is 0 Å². The van der Waals surface area contributed by atoms with Gasteiger partial charge in [0.15, 0.2) is 0 Å². The smallest absolute Gasteiger partial charge is 0.222 e. The summed E-state index contributed by atoms with van der Waals surface area (Å²) < 4.78 is 0. The van der Waals surface area contributed by atoms with Crippen LogP contribution in [0.25, 0.3) is 0 Å². The molecule has 0 aromatic rings. The number of hydrogen-bond donors (Lipinski definition) is 0. The van der Waals surface area contributed by atoms with E-state index in [1.165, 1.54) is 0 Å². The average Bonchev–Trinajstić information content (AvgIpc) is 2.25. The highest BCUT2D eigenvalue weighted by Gasteiger charge is 2.29. The Morgan fingerprint density at radius 2 is 2.36 bits per heavy atom. The van der Waals surface area contributed by atoms with Crippen LogP contribution in [-0.2, 0) is 4.79 Å². The summed E-state index contributed by atoms with van der Waals surface area (Å²) in [6.07, 6.45) is 8.37. The fourth-order valence-corrected chi connectivity index (χ4v) is 1.93. The predicted octanol–water partition coefficient (Wildman–Crippen LogP) is 1.33. The van der Waals surface area contributed by atoms with Crippen LogP contribution < -0.4 is 0 Å². The summed E-state index contributed by atoms with van der Waals surface area (Å²) in [6, 6.07) is 0.529. The van der Waals surface area contributed by atoms with Gasteiger partial charge < -0.3 is 4.90 Å². The van der Waals surface area contributed by atoms with Gasteiger partial charge in [-0.25, -0.2) is 0 Å². The summed E-state index contributed by atoms with van der Waals surface area (Å²) in [4.78, 5) is 13.3. The van der Waals surface area contributed by atoms with E-state index in [0.29, 0.717) is 11.9 Å². The van der Waals surface area contributed by atoms with Crippen LogP contribution in [0.5, 0.6) is 0 Å². The van der Waals surface area contributed by atoms with Gasteiger partial charge in [0.25, 0.3) is 0 Å². The van der Waals surface area contributed by atoms with Crippen molar-refractivity contribution in [2.24, 2.45) is 0 Å². The van der Waals surface area contributed by atoms with Gasteiger partial charge in [-0.1, -0.05) is 12.2 Å². The molecule has 1 saturated heterocycles. The minimum Gasteiger partial charge on any atom is -0.339 e. The Morgan fingerprint density at radius 3 is 3.27 bits per heavy atom. The predicted molar refractivity (Wildman–Crippen MR) is 43.1 cm³/mol. The Kier molecular flexibility index (Phi) is 1.68. The van der Waals surface area contributed by atoms with E-state index in [9.17, 15) is 4.79 Å². The number of carbonyl (C=O) groups is 1. The molecule has 0 aromatic heterocycles. The summed E-state index contributed by atoms with van der Waals surface area (Å²) in [5.74, 6) is 0.360. The van der Waals surface area contributed by atoms with E-state index in [1.54, 1.807) is 0 Å². The van der Waals surface area contributed by atoms with Gasteiger partial charge in [-0.15, -0.1) is 0 Å². The Hall–Kier alpha value is -0.790. The van der Waals surface area contributed by atoms with Crippen molar-refractivity contribution in [3.63, 3.8) is 0 Å². The van der Waals surface area contributed by atoms with Crippen LogP contribution in [0.1, 0.15) is 25.7 Å². The number of rotatable bonds is 0. The van der Waals surface area contributed by atoms with Crippen molar-refractivity contribution in [2.75, 3.05) is 6.54 Å². The molecule has 2 rings (SSSR count). The van der Waals surface area contributed by atoms with Gasteiger partial charge in [0.05, 0.1) is 0 Å². The van der Waals surface area contributed by atoms with Crippen LogP contribution in [0, 0.1) is 0 Å². The fraction of sp³-hybridized carbons (Fsp3) is 0.667. The summed E-state index contributed by atoms with van der Waals surface area (Å²) in [5.41, 5.74) is 0. The van der Waals surface area contributed by atoms with Gasteiger partial charge >= 0.3 is 0 Å². The second-order valence-electron chi connectivity index (χ2n) is 3.28. The fourth-order valence-electron chi connectivity index (χ4n) is 1.93. The summed E-state index contributed by atoms with van der Waals surface area (Å²) in [6.45, 7) is 0.944. The van der Waals surface area contributed by atoms with E-state index in [-0.39, 0.29) is 0 Å². The molecule has 0 aliphatic carbocycles. The highest BCUT2D eigenvalue weighted by Crippen LogP contribution is 2.23. The lowest BCUT2D eigenvalue weighted by Gasteiger charge is -2.21. The zero-order valence-electron chi connectivity index (χ0n) is 6.62. The second kappa shape index (κ2) is 2.68. The van der Waals surface area contributed by atoms with E-state index < -0.39 is 0 Å². The molecule has 1 amide bonds. The van der Waals surface area contributed by atoms with Crippen LogP contribution in [-0.4, -0.2) is 23.4 Å². The monoisotopic (exact) mass is 151 g/mol. The van der Waals surface area contributed by atoms with Gasteiger partial charge in [0, 0.05) is 19.0 Å². The topological polar surface area (TPSA) is 20.3 Å². The molecule has 0 aromatic carbocycles. The van der Waals surface area contributed by atoms with E-state index in [4.69, 9.17) is 0 Å². The third kappa shape index (κ3) is 1.17. The van der Waals surface area contributed by atoms with Crippen LogP contribution in [0.15, 0.2) is 12.2 Å². The molecule has 0 spiro atoms. The van der Waals surface area contributed by atoms with Gasteiger partial charge in [-0.05, 0) is 19.3 Å². The molecule has 11 heavy (non-hydrogen) atoms. The molecule has 2 aliphatic rings. The Balaban J connectivity index is 2.11. The van der Waals surface area contributed by atoms with Gasteiger partial charge in [0.1, 0.15) is 0 Å². The summed E-state index contributed by atoms with van der Waals surface area (Å²) in [5, 5.41) is 0. The van der Waals surface area contributed by atoms with Crippen molar-refractivity contribution in [1.82, 2.24) is 4.90 Å². The first-order valence-corrected chi connectivity index (χ1v) is 4.32. The molecule has 2 nitrogen and oxygen atoms in total. The molecule has 2 aliphatic heterocycles. The summed E-state index contributed by atoms with van der Waals surface area (Å²) >= 11 is 0. The highest BCUT2D eigenvalue weighted by molar-refractivity contribution is 5.78. The maximum absolute atomic E-state index is 11.3. The van der Waals surface area contributed by atoms with Gasteiger partial charge in [-0.2, -0.15) is 0 Å². The second-order valence-corrected chi connectivity index (χ2v) is 3.28. The molecule has 1 fully saturated rings.